The lowest BCUT2D eigenvalue weighted by Gasteiger charge is -2.15. The zero-order chi connectivity index (χ0) is 30.5. The van der Waals surface area contributed by atoms with Crippen LogP contribution in [0.25, 0.3) is 67.2 Å². The summed E-state index contributed by atoms with van der Waals surface area (Å²) in [6, 6.07) is 25.7. The van der Waals surface area contributed by atoms with Crippen molar-refractivity contribution in [1.29, 1.82) is 0 Å². The second kappa shape index (κ2) is 10.6. The summed E-state index contributed by atoms with van der Waals surface area (Å²) in [5, 5.41) is 8.45. The fourth-order valence-electron chi connectivity index (χ4n) is 5.82. The van der Waals surface area contributed by atoms with Crippen LogP contribution in [-0.2, 0) is 0 Å². The zero-order valence-electron chi connectivity index (χ0n) is 24.4. The normalized spacial score (nSPS) is 11.4. The van der Waals surface area contributed by atoms with E-state index in [4.69, 9.17) is 9.97 Å². The fraction of sp³-hybridized carbons (Fsp3) is 0.0556. The van der Waals surface area contributed by atoms with E-state index >= 15 is 0 Å². The molecule has 0 aliphatic heterocycles. The third-order valence-electron chi connectivity index (χ3n) is 8.12. The van der Waals surface area contributed by atoms with Gasteiger partial charge in [0, 0.05) is 52.6 Å². The average molecular weight is 589 g/mol. The van der Waals surface area contributed by atoms with Crippen molar-refractivity contribution < 1.29 is 4.39 Å². The average Bonchev–Trinajstić information content (AvgIpc) is 3.75. The Hall–Kier alpha value is -6.09. The number of hydrogen-bond donors (Lipinski definition) is 0. The first-order valence-electron chi connectivity index (χ1n) is 14.4. The highest BCUT2D eigenvalue weighted by molar-refractivity contribution is 5.87. The molecule has 2 aromatic carbocycles. The minimum Gasteiger partial charge on any atom is -0.256 e. The molecule has 9 heteroatoms. The van der Waals surface area contributed by atoms with Gasteiger partial charge in [-0.2, -0.15) is 10.2 Å². The number of aromatic nitrogens is 8. The van der Waals surface area contributed by atoms with E-state index in [-0.39, 0.29) is 5.82 Å². The van der Waals surface area contributed by atoms with Crippen molar-refractivity contribution in [1.82, 2.24) is 39.2 Å². The van der Waals surface area contributed by atoms with Gasteiger partial charge in [-0.05, 0) is 102 Å². The molecular formula is C36H25FN8. The Morgan fingerprint density at radius 2 is 1.18 bits per heavy atom. The molecule has 8 aromatic rings. The van der Waals surface area contributed by atoms with Crippen LogP contribution in [0.5, 0.6) is 0 Å². The van der Waals surface area contributed by atoms with Crippen molar-refractivity contribution in [2.24, 2.45) is 0 Å². The SMILES string of the molecule is Cc1cc(-c2ncc(-c3ccc(-c4ncccc4-c4ccn5ncnc5c4)cc3C)cc2-c2ccn3ncnc3c2)ccc1F. The molecule has 0 N–H and O–H groups in total. The number of pyridine rings is 4. The minimum atomic E-state index is -0.243. The molecule has 8 rings (SSSR count). The number of benzene rings is 2. The monoisotopic (exact) mass is 588 g/mol. The summed E-state index contributed by atoms with van der Waals surface area (Å²) < 4.78 is 17.7. The zero-order valence-corrected chi connectivity index (χ0v) is 24.4. The third-order valence-corrected chi connectivity index (χ3v) is 8.12. The summed E-state index contributed by atoms with van der Waals surface area (Å²) >= 11 is 0. The molecule has 45 heavy (non-hydrogen) atoms. The van der Waals surface area contributed by atoms with Crippen LogP contribution in [0, 0.1) is 19.7 Å². The molecule has 0 unspecified atom stereocenters. The Balaban J connectivity index is 1.23. The van der Waals surface area contributed by atoms with Crippen molar-refractivity contribution in [3.8, 4) is 55.9 Å². The fourth-order valence-corrected chi connectivity index (χ4v) is 5.82. The maximum atomic E-state index is 14.2. The summed E-state index contributed by atoms with van der Waals surface area (Å²) in [5.41, 5.74) is 12.6. The van der Waals surface area contributed by atoms with Gasteiger partial charge in [0.15, 0.2) is 11.3 Å². The summed E-state index contributed by atoms with van der Waals surface area (Å²) in [4.78, 5) is 18.4. The van der Waals surface area contributed by atoms with Gasteiger partial charge in [-0.25, -0.2) is 23.4 Å². The minimum absolute atomic E-state index is 0.243. The first-order chi connectivity index (χ1) is 22.0. The largest absolute Gasteiger partial charge is 0.256 e. The van der Waals surface area contributed by atoms with Gasteiger partial charge >= 0.3 is 0 Å². The smallest absolute Gasteiger partial charge is 0.155 e. The van der Waals surface area contributed by atoms with Gasteiger partial charge in [0.2, 0.25) is 0 Å². The van der Waals surface area contributed by atoms with Crippen LogP contribution < -0.4 is 0 Å². The molecule has 0 amide bonds. The summed E-state index contributed by atoms with van der Waals surface area (Å²) in [7, 11) is 0. The van der Waals surface area contributed by atoms with E-state index in [9.17, 15) is 4.39 Å². The second-order valence-electron chi connectivity index (χ2n) is 11.0. The van der Waals surface area contributed by atoms with E-state index in [1.54, 1.807) is 28.3 Å². The molecule has 216 valence electrons. The molecule has 0 atom stereocenters. The molecule has 0 saturated carbocycles. The molecule has 6 heterocycles. The second-order valence-corrected chi connectivity index (χ2v) is 11.0. The van der Waals surface area contributed by atoms with Crippen LogP contribution >= 0.6 is 0 Å². The topological polar surface area (TPSA) is 86.2 Å². The molecule has 0 fully saturated rings. The summed E-state index contributed by atoms with van der Waals surface area (Å²) in [5.74, 6) is -0.243. The van der Waals surface area contributed by atoms with E-state index in [2.05, 4.69) is 57.4 Å². The van der Waals surface area contributed by atoms with Gasteiger partial charge in [-0.1, -0.05) is 18.2 Å². The first-order valence-corrected chi connectivity index (χ1v) is 14.4. The van der Waals surface area contributed by atoms with Crippen molar-refractivity contribution in [3.05, 3.63) is 133 Å². The van der Waals surface area contributed by atoms with Crippen molar-refractivity contribution in [3.63, 3.8) is 0 Å². The Morgan fingerprint density at radius 1 is 0.533 bits per heavy atom. The Labute approximate surface area is 257 Å². The molecule has 0 aliphatic rings. The van der Waals surface area contributed by atoms with Crippen LogP contribution in [0.15, 0.2) is 116 Å². The molecular weight excluding hydrogens is 563 g/mol. The van der Waals surface area contributed by atoms with Crippen LogP contribution in [-0.4, -0.2) is 39.2 Å². The van der Waals surface area contributed by atoms with Crippen LogP contribution in [0.4, 0.5) is 4.39 Å². The van der Waals surface area contributed by atoms with Gasteiger partial charge in [0.25, 0.3) is 0 Å². The van der Waals surface area contributed by atoms with Gasteiger partial charge in [-0.15, -0.1) is 0 Å². The molecule has 0 radical (unpaired) electrons. The summed E-state index contributed by atoms with van der Waals surface area (Å²) in [6.45, 7) is 3.86. The van der Waals surface area contributed by atoms with Crippen molar-refractivity contribution >= 4 is 11.3 Å². The first kappa shape index (κ1) is 26.5. The standard InChI is InChI=1S/C36H25FN8/c1-22-14-26(35-30(4-3-11-38-35)24-9-12-44-33(17-24)40-20-42-44)5-7-29(22)28-16-31(25-10-13-45-34(18-25)41-21-43-45)36(39-19-28)27-6-8-32(37)23(2)15-27/h3-21H,1-2H3. The van der Waals surface area contributed by atoms with E-state index in [0.29, 0.717) is 5.56 Å². The number of halogens is 1. The quantitative estimate of drug-likeness (QED) is 0.205. The molecule has 0 bridgehead atoms. The molecule has 0 saturated heterocycles. The Kier molecular flexibility index (Phi) is 6.23. The maximum Gasteiger partial charge on any atom is 0.155 e. The van der Waals surface area contributed by atoms with Crippen LogP contribution in [0.2, 0.25) is 0 Å². The van der Waals surface area contributed by atoms with Crippen LogP contribution in [0.3, 0.4) is 0 Å². The number of rotatable bonds is 5. The van der Waals surface area contributed by atoms with Crippen molar-refractivity contribution in [2.45, 2.75) is 13.8 Å². The number of hydrogen-bond acceptors (Lipinski definition) is 6. The van der Waals surface area contributed by atoms with E-state index in [1.807, 2.05) is 61.2 Å². The Morgan fingerprint density at radius 3 is 1.87 bits per heavy atom. The van der Waals surface area contributed by atoms with E-state index in [1.165, 1.54) is 12.4 Å². The number of nitrogens with zero attached hydrogens (tertiary/aromatic N) is 8. The lowest BCUT2D eigenvalue weighted by atomic mass is 9.92. The molecule has 0 aliphatic carbocycles. The van der Waals surface area contributed by atoms with Gasteiger partial charge in [0.1, 0.15) is 18.5 Å². The maximum absolute atomic E-state index is 14.2. The van der Waals surface area contributed by atoms with Crippen LogP contribution in [0.1, 0.15) is 11.1 Å². The predicted octanol–water partition coefficient (Wildman–Crippen LogP) is 7.65. The number of aryl methyl sites for hydroxylation is 2. The van der Waals surface area contributed by atoms with Gasteiger partial charge < -0.3 is 0 Å². The van der Waals surface area contributed by atoms with Crippen molar-refractivity contribution in [2.75, 3.05) is 0 Å². The molecule has 0 spiro atoms. The third kappa shape index (κ3) is 4.71. The highest BCUT2D eigenvalue weighted by atomic mass is 19.1. The number of fused-ring (bicyclic) bond motifs is 2. The van der Waals surface area contributed by atoms with Gasteiger partial charge in [0.05, 0.1) is 11.4 Å². The van der Waals surface area contributed by atoms with E-state index in [0.717, 1.165) is 72.8 Å². The predicted molar refractivity (Wildman–Crippen MR) is 172 cm³/mol. The molecule has 6 aromatic heterocycles. The highest BCUT2D eigenvalue weighted by Crippen LogP contribution is 2.37. The highest BCUT2D eigenvalue weighted by Gasteiger charge is 2.16. The lowest BCUT2D eigenvalue weighted by Crippen LogP contribution is -1.96. The Bertz CT molecular complexity index is 2390. The van der Waals surface area contributed by atoms with E-state index < -0.39 is 0 Å². The summed E-state index contributed by atoms with van der Waals surface area (Å²) in [6.07, 6.45) is 10.6. The van der Waals surface area contributed by atoms with Gasteiger partial charge in [-0.3, -0.25) is 9.97 Å². The molecule has 8 nitrogen and oxygen atoms in total. The lowest BCUT2D eigenvalue weighted by molar-refractivity contribution is 0.619.